The van der Waals surface area contributed by atoms with E-state index < -0.39 is 17.7 Å². The minimum absolute atomic E-state index is 0.253. The molecule has 0 aliphatic rings. The Labute approximate surface area is 129 Å². The van der Waals surface area contributed by atoms with Crippen molar-refractivity contribution >= 4 is 29.4 Å². The van der Waals surface area contributed by atoms with Crippen molar-refractivity contribution in [1.29, 1.82) is 0 Å². The van der Waals surface area contributed by atoms with E-state index in [4.69, 9.17) is 4.74 Å². The zero-order chi connectivity index (χ0) is 15.9. The lowest BCUT2D eigenvalue weighted by Gasteiger charge is -2.21. The zero-order valence-electron chi connectivity index (χ0n) is 12.8. The number of rotatable bonds is 5. The number of nitrogens with one attached hydrogen (secondary N) is 2. The summed E-state index contributed by atoms with van der Waals surface area (Å²) >= 11 is 1.63. The summed E-state index contributed by atoms with van der Waals surface area (Å²) < 4.78 is 5.09. The average Bonchev–Trinajstić information content (AvgIpc) is 2.84. The Hall–Kier alpha value is -1.82. The molecule has 0 bridgehead atoms. The molecule has 0 fully saturated rings. The van der Waals surface area contributed by atoms with Crippen LogP contribution in [0.4, 0.5) is 4.79 Å². The van der Waals surface area contributed by atoms with Gasteiger partial charge in [0.15, 0.2) is 0 Å². The largest absolute Gasteiger partial charge is 0.444 e. The molecule has 1 aromatic heterocycles. The second-order valence-corrected chi connectivity index (χ2v) is 6.51. The molecule has 2 N–H and O–H groups in total. The van der Waals surface area contributed by atoms with E-state index in [0.717, 1.165) is 4.88 Å². The molecule has 1 heterocycles. The molecule has 1 rings (SSSR count). The number of thiophene rings is 1. The molecular formula is C15H22N2O3S. The molecule has 0 saturated carbocycles. The van der Waals surface area contributed by atoms with Gasteiger partial charge < -0.3 is 15.4 Å². The van der Waals surface area contributed by atoms with Gasteiger partial charge in [-0.15, -0.1) is 11.3 Å². The normalized spacial score (nSPS) is 13.0. The van der Waals surface area contributed by atoms with Crippen molar-refractivity contribution in [3.8, 4) is 0 Å². The maximum atomic E-state index is 11.8. The van der Waals surface area contributed by atoms with Crippen LogP contribution in [0, 0.1) is 0 Å². The van der Waals surface area contributed by atoms with Crippen LogP contribution in [-0.2, 0) is 9.53 Å². The number of hydrogen-bond acceptors (Lipinski definition) is 4. The Morgan fingerprint density at radius 1 is 1.43 bits per heavy atom. The molecule has 5 nitrogen and oxygen atoms in total. The van der Waals surface area contributed by atoms with Crippen LogP contribution < -0.4 is 10.6 Å². The van der Waals surface area contributed by atoms with E-state index >= 15 is 0 Å². The van der Waals surface area contributed by atoms with Gasteiger partial charge in [-0.2, -0.15) is 0 Å². The van der Waals surface area contributed by atoms with Crippen molar-refractivity contribution in [3.63, 3.8) is 0 Å². The summed E-state index contributed by atoms with van der Waals surface area (Å²) in [6.45, 7) is 7.34. The fourth-order valence-corrected chi connectivity index (χ4v) is 2.07. The van der Waals surface area contributed by atoms with Gasteiger partial charge in [-0.3, -0.25) is 4.79 Å². The molecule has 0 aliphatic heterocycles. The maximum Gasteiger partial charge on any atom is 0.408 e. The standard InChI is InChI=1S/C15H22N2O3S/c1-11(17-14(19)20-15(2,3)4)13(18)16-9-5-7-12-8-6-10-21-12/h5-8,10-11H,9H2,1-4H3,(H,16,18)(H,17,19)/t11-/m1/s1. The van der Waals surface area contributed by atoms with Crippen molar-refractivity contribution in [2.75, 3.05) is 6.54 Å². The van der Waals surface area contributed by atoms with E-state index in [9.17, 15) is 9.59 Å². The van der Waals surface area contributed by atoms with Crippen molar-refractivity contribution in [2.45, 2.75) is 39.3 Å². The van der Waals surface area contributed by atoms with E-state index in [-0.39, 0.29) is 5.91 Å². The Kier molecular flexibility index (Phi) is 6.42. The smallest absolute Gasteiger partial charge is 0.408 e. The highest BCUT2D eigenvalue weighted by Gasteiger charge is 2.20. The van der Waals surface area contributed by atoms with Gasteiger partial charge in [0, 0.05) is 11.4 Å². The average molecular weight is 310 g/mol. The fourth-order valence-electron chi connectivity index (χ4n) is 1.42. The van der Waals surface area contributed by atoms with Crippen LogP contribution >= 0.6 is 11.3 Å². The molecule has 0 unspecified atom stereocenters. The molecule has 0 aromatic carbocycles. The molecular weight excluding hydrogens is 288 g/mol. The Morgan fingerprint density at radius 2 is 2.14 bits per heavy atom. The van der Waals surface area contributed by atoms with E-state index in [1.807, 2.05) is 29.7 Å². The summed E-state index contributed by atoms with van der Waals surface area (Å²) in [6, 6.07) is 3.32. The quantitative estimate of drug-likeness (QED) is 0.879. The molecule has 6 heteroatoms. The van der Waals surface area contributed by atoms with Crippen molar-refractivity contribution in [3.05, 3.63) is 28.5 Å². The Morgan fingerprint density at radius 3 is 2.71 bits per heavy atom. The first-order valence-electron chi connectivity index (χ1n) is 6.75. The number of amides is 2. The molecule has 0 spiro atoms. The van der Waals surface area contributed by atoms with Crippen LogP contribution in [0.25, 0.3) is 6.08 Å². The van der Waals surface area contributed by atoms with Crippen molar-refractivity contribution in [2.24, 2.45) is 0 Å². The topological polar surface area (TPSA) is 67.4 Å². The van der Waals surface area contributed by atoms with E-state index in [0.29, 0.717) is 6.54 Å². The van der Waals surface area contributed by atoms with Crippen LogP contribution in [0.2, 0.25) is 0 Å². The number of hydrogen-bond donors (Lipinski definition) is 2. The van der Waals surface area contributed by atoms with Gasteiger partial charge in [-0.1, -0.05) is 12.1 Å². The molecule has 116 valence electrons. The van der Waals surface area contributed by atoms with Crippen LogP contribution in [0.15, 0.2) is 23.6 Å². The van der Waals surface area contributed by atoms with Crippen LogP contribution in [0.1, 0.15) is 32.6 Å². The van der Waals surface area contributed by atoms with Crippen LogP contribution in [0.3, 0.4) is 0 Å². The molecule has 1 aromatic rings. The minimum Gasteiger partial charge on any atom is -0.444 e. The number of alkyl carbamates (subject to hydrolysis) is 1. The fraction of sp³-hybridized carbons (Fsp3) is 0.467. The van der Waals surface area contributed by atoms with Crippen molar-refractivity contribution in [1.82, 2.24) is 10.6 Å². The van der Waals surface area contributed by atoms with Gasteiger partial charge in [-0.25, -0.2) is 4.79 Å². The predicted octanol–water partition coefficient (Wildman–Crippen LogP) is 2.79. The minimum atomic E-state index is -0.644. The number of carbonyl (C=O) groups is 2. The summed E-state index contributed by atoms with van der Waals surface area (Å²) in [4.78, 5) is 24.5. The monoisotopic (exact) mass is 310 g/mol. The molecule has 0 aliphatic carbocycles. The summed E-state index contributed by atoms with van der Waals surface area (Å²) in [6.07, 6.45) is 3.21. The highest BCUT2D eigenvalue weighted by atomic mass is 32.1. The first-order chi connectivity index (χ1) is 9.78. The molecule has 2 amide bonds. The van der Waals surface area contributed by atoms with Crippen molar-refractivity contribution < 1.29 is 14.3 Å². The van der Waals surface area contributed by atoms with Gasteiger partial charge in [0.2, 0.25) is 5.91 Å². The molecule has 0 radical (unpaired) electrons. The third-order valence-corrected chi connectivity index (χ3v) is 3.18. The number of carbonyl (C=O) groups excluding carboxylic acids is 2. The number of ether oxygens (including phenoxy) is 1. The van der Waals surface area contributed by atoms with Gasteiger partial charge in [0.25, 0.3) is 0 Å². The third-order valence-electron chi connectivity index (χ3n) is 2.35. The first kappa shape index (κ1) is 17.2. The SMILES string of the molecule is C[C@@H](NC(=O)OC(C)(C)C)C(=O)NCC=Cc1cccs1. The van der Waals surface area contributed by atoms with Gasteiger partial charge >= 0.3 is 6.09 Å². The summed E-state index contributed by atoms with van der Waals surface area (Å²) in [5.74, 6) is -0.253. The van der Waals surface area contributed by atoms with E-state index in [2.05, 4.69) is 10.6 Å². The van der Waals surface area contributed by atoms with Crippen LogP contribution in [0.5, 0.6) is 0 Å². The molecule has 21 heavy (non-hydrogen) atoms. The highest BCUT2D eigenvalue weighted by Crippen LogP contribution is 2.09. The Balaban J connectivity index is 2.29. The predicted molar refractivity (Wildman–Crippen MR) is 85.2 cm³/mol. The Bertz CT molecular complexity index is 490. The molecule has 0 saturated heterocycles. The van der Waals surface area contributed by atoms with E-state index in [1.54, 1.807) is 39.0 Å². The van der Waals surface area contributed by atoms with Gasteiger partial charge in [0.05, 0.1) is 0 Å². The second kappa shape index (κ2) is 7.83. The summed E-state index contributed by atoms with van der Waals surface area (Å²) in [5.41, 5.74) is -0.580. The highest BCUT2D eigenvalue weighted by molar-refractivity contribution is 7.10. The van der Waals surface area contributed by atoms with Gasteiger partial charge in [-0.05, 0) is 45.2 Å². The lowest BCUT2D eigenvalue weighted by Crippen LogP contribution is -2.46. The van der Waals surface area contributed by atoms with E-state index in [1.165, 1.54) is 0 Å². The molecule has 1 atom stereocenters. The van der Waals surface area contributed by atoms with Crippen LogP contribution in [-0.4, -0.2) is 30.2 Å². The zero-order valence-corrected chi connectivity index (χ0v) is 13.6. The summed E-state index contributed by atoms with van der Waals surface area (Å²) in [5, 5.41) is 7.21. The summed E-state index contributed by atoms with van der Waals surface area (Å²) in [7, 11) is 0. The third kappa shape index (κ3) is 7.51. The second-order valence-electron chi connectivity index (χ2n) is 5.53. The maximum absolute atomic E-state index is 11.8. The van der Waals surface area contributed by atoms with Gasteiger partial charge in [0.1, 0.15) is 11.6 Å². The first-order valence-corrected chi connectivity index (χ1v) is 7.63. The lowest BCUT2D eigenvalue weighted by molar-refractivity contribution is -0.122. The lowest BCUT2D eigenvalue weighted by atomic mass is 10.2.